The molecule has 0 spiro atoms. The Kier molecular flexibility index (Phi) is 8.05. The van der Waals surface area contributed by atoms with Crippen LogP contribution in [-0.4, -0.2) is 53.3 Å². The predicted octanol–water partition coefficient (Wildman–Crippen LogP) is 4.06. The Labute approximate surface area is 203 Å². The Morgan fingerprint density at radius 2 is 1.85 bits per heavy atom. The number of hydrogen-bond acceptors (Lipinski definition) is 3. The van der Waals surface area contributed by atoms with Gasteiger partial charge >= 0.3 is 6.03 Å². The molecule has 7 heteroatoms. The molecular weight excluding hydrogens is 428 g/mol. The highest BCUT2D eigenvalue weighted by molar-refractivity contribution is 6.03. The molecule has 2 aliphatic rings. The molecule has 0 radical (unpaired) electrons. The van der Waals surface area contributed by atoms with Crippen LogP contribution in [0.4, 0.5) is 4.79 Å². The fourth-order valence-corrected chi connectivity index (χ4v) is 4.91. The number of hydrogen-bond donors (Lipinski definition) is 2. The van der Waals surface area contributed by atoms with Crippen LogP contribution in [0.25, 0.3) is 0 Å². The molecule has 0 fully saturated rings. The summed E-state index contributed by atoms with van der Waals surface area (Å²) in [6.07, 6.45) is 1.46. The summed E-state index contributed by atoms with van der Waals surface area (Å²) in [6, 6.07) is 4.76. The van der Waals surface area contributed by atoms with Crippen LogP contribution in [0.5, 0.6) is 0 Å². The average Bonchev–Trinajstić information content (AvgIpc) is 3.08. The smallest absolute Gasteiger partial charge is 0.322 e. The van der Waals surface area contributed by atoms with Crippen molar-refractivity contribution in [3.8, 4) is 0 Å². The van der Waals surface area contributed by atoms with Crippen molar-refractivity contribution in [2.45, 2.75) is 73.4 Å². The first kappa shape index (κ1) is 25.8. The highest BCUT2D eigenvalue weighted by Gasteiger charge is 2.47. The Morgan fingerprint density at radius 1 is 1.15 bits per heavy atom. The molecule has 0 bridgehead atoms. The zero-order valence-electron chi connectivity index (χ0n) is 21.7. The lowest BCUT2D eigenvalue weighted by Gasteiger charge is -2.33. The van der Waals surface area contributed by atoms with Crippen LogP contribution in [0.15, 0.2) is 29.5 Å². The van der Waals surface area contributed by atoms with Gasteiger partial charge in [-0.2, -0.15) is 0 Å². The predicted molar refractivity (Wildman–Crippen MR) is 134 cm³/mol. The maximum absolute atomic E-state index is 13.9. The van der Waals surface area contributed by atoms with E-state index in [2.05, 4.69) is 44.4 Å². The zero-order chi connectivity index (χ0) is 25.2. The average molecular weight is 469 g/mol. The van der Waals surface area contributed by atoms with Crippen LogP contribution >= 0.6 is 0 Å². The van der Waals surface area contributed by atoms with Gasteiger partial charge in [0.15, 0.2) is 0 Å². The van der Waals surface area contributed by atoms with Gasteiger partial charge in [0, 0.05) is 13.1 Å². The van der Waals surface area contributed by atoms with Gasteiger partial charge in [-0.15, -0.1) is 0 Å². The minimum absolute atomic E-state index is 0.118. The van der Waals surface area contributed by atoms with Crippen LogP contribution in [0, 0.1) is 25.7 Å². The lowest BCUT2D eigenvalue weighted by Crippen LogP contribution is -2.49. The lowest BCUT2D eigenvalue weighted by atomic mass is 9.91. The maximum atomic E-state index is 13.9. The number of rotatable bonds is 9. The third-order valence-electron chi connectivity index (χ3n) is 6.70. The molecule has 3 rings (SSSR count). The highest BCUT2D eigenvalue weighted by atomic mass is 16.2. The van der Waals surface area contributed by atoms with Gasteiger partial charge in [-0.1, -0.05) is 51.5 Å². The number of carbonyl (C=O) groups is 3. The zero-order valence-corrected chi connectivity index (χ0v) is 21.7. The third-order valence-corrected chi connectivity index (χ3v) is 6.70. The molecule has 186 valence electrons. The molecule has 2 heterocycles. The molecule has 2 atom stereocenters. The van der Waals surface area contributed by atoms with E-state index in [4.69, 9.17) is 0 Å². The van der Waals surface area contributed by atoms with Crippen molar-refractivity contribution in [2.75, 3.05) is 19.6 Å². The van der Waals surface area contributed by atoms with Gasteiger partial charge < -0.3 is 15.5 Å². The molecule has 34 heavy (non-hydrogen) atoms. The fraction of sp³-hybridized carbons (Fsp3) is 0.593. The van der Waals surface area contributed by atoms with Crippen molar-refractivity contribution in [1.82, 2.24) is 20.4 Å². The van der Waals surface area contributed by atoms with Gasteiger partial charge in [-0.05, 0) is 56.6 Å². The van der Waals surface area contributed by atoms with E-state index in [0.717, 1.165) is 23.1 Å². The molecule has 2 unspecified atom stereocenters. The number of amides is 4. The summed E-state index contributed by atoms with van der Waals surface area (Å²) < 4.78 is 0. The Bertz CT molecular complexity index is 982. The topological polar surface area (TPSA) is 81.8 Å². The Balaban J connectivity index is 1.96. The van der Waals surface area contributed by atoms with Crippen LogP contribution in [0.3, 0.4) is 0 Å². The molecule has 0 aromatic heterocycles. The summed E-state index contributed by atoms with van der Waals surface area (Å²) in [4.78, 5) is 43.4. The largest absolute Gasteiger partial charge is 0.354 e. The maximum Gasteiger partial charge on any atom is 0.322 e. The first-order chi connectivity index (χ1) is 16.0. The number of nitrogens with zero attached hydrogens (tertiary/aromatic N) is 2. The van der Waals surface area contributed by atoms with Gasteiger partial charge in [0.05, 0.1) is 23.9 Å². The Hall–Kier alpha value is -2.83. The van der Waals surface area contributed by atoms with E-state index in [1.165, 1.54) is 0 Å². The van der Waals surface area contributed by atoms with E-state index < -0.39 is 12.1 Å². The first-order valence-electron chi connectivity index (χ1n) is 12.5. The normalized spacial score (nSPS) is 19.1. The van der Waals surface area contributed by atoms with E-state index in [1.807, 2.05) is 32.9 Å². The quantitative estimate of drug-likeness (QED) is 0.573. The second-order valence-electron chi connectivity index (χ2n) is 10.4. The number of urea groups is 1. The first-order valence-corrected chi connectivity index (χ1v) is 12.5. The fourth-order valence-electron chi connectivity index (χ4n) is 4.91. The summed E-state index contributed by atoms with van der Waals surface area (Å²) >= 11 is 0. The molecular formula is C27H40N4O3. The van der Waals surface area contributed by atoms with Crippen LogP contribution in [0.2, 0.25) is 0 Å². The van der Waals surface area contributed by atoms with Crippen molar-refractivity contribution in [2.24, 2.45) is 11.8 Å². The summed E-state index contributed by atoms with van der Waals surface area (Å²) in [6.45, 7) is 15.6. The standard InChI is InChI=1S/C27H40N4O3/c1-8-30-22-15-31(21(13-17(4)5)25(32)28-12-11-16(2)3)26(33)23(22)24(29-27(30)34)20-10-9-18(6)14-19(20)7/h9-10,14,16-17,21,24H,8,11-13,15H2,1-7H3,(H,28,32)(H,29,34). The molecule has 1 aromatic rings. The van der Waals surface area contributed by atoms with E-state index in [9.17, 15) is 14.4 Å². The molecule has 7 nitrogen and oxygen atoms in total. The molecule has 0 saturated heterocycles. The van der Waals surface area contributed by atoms with Crippen molar-refractivity contribution < 1.29 is 14.4 Å². The molecule has 2 N–H and O–H groups in total. The van der Waals surface area contributed by atoms with E-state index in [0.29, 0.717) is 36.7 Å². The number of aryl methyl sites for hydroxylation is 2. The second kappa shape index (κ2) is 10.6. The number of carbonyl (C=O) groups excluding carboxylic acids is 3. The SMILES string of the molecule is CCN1C(=O)NC(c2ccc(C)cc2C)C2=C1CN(C(CC(C)C)C(=O)NCCC(C)C)C2=O. The summed E-state index contributed by atoms with van der Waals surface area (Å²) in [5, 5.41) is 6.10. The number of nitrogens with one attached hydrogen (secondary N) is 2. The minimum Gasteiger partial charge on any atom is -0.354 e. The number of benzene rings is 1. The van der Waals surface area contributed by atoms with E-state index in [-0.39, 0.29) is 30.3 Å². The van der Waals surface area contributed by atoms with E-state index in [1.54, 1.807) is 9.80 Å². The monoisotopic (exact) mass is 468 g/mol. The van der Waals surface area contributed by atoms with Crippen LogP contribution in [-0.2, 0) is 9.59 Å². The summed E-state index contributed by atoms with van der Waals surface area (Å²) in [5.74, 6) is 0.444. The molecule has 1 aromatic carbocycles. The van der Waals surface area contributed by atoms with E-state index >= 15 is 0 Å². The van der Waals surface area contributed by atoms with Gasteiger partial charge in [-0.3, -0.25) is 14.5 Å². The third kappa shape index (κ3) is 5.29. The molecule has 2 aliphatic heterocycles. The summed E-state index contributed by atoms with van der Waals surface area (Å²) in [5.41, 5.74) is 4.36. The van der Waals surface area contributed by atoms with Gasteiger partial charge in [0.25, 0.3) is 5.91 Å². The van der Waals surface area contributed by atoms with Crippen molar-refractivity contribution in [3.05, 3.63) is 46.2 Å². The van der Waals surface area contributed by atoms with Crippen molar-refractivity contribution >= 4 is 17.8 Å². The molecule has 0 saturated carbocycles. The van der Waals surface area contributed by atoms with Crippen LogP contribution < -0.4 is 10.6 Å². The van der Waals surface area contributed by atoms with Crippen molar-refractivity contribution in [3.63, 3.8) is 0 Å². The van der Waals surface area contributed by atoms with Gasteiger partial charge in [-0.25, -0.2) is 4.79 Å². The lowest BCUT2D eigenvalue weighted by molar-refractivity contribution is -0.137. The van der Waals surface area contributed by atoms with Gasteiger partial charge in [0.1, 0.15) is 6.04 Å². The summed E-state index contributed by atoms with van der Waals surface area (Å²) in [7, 11) is 0. The van der Waals surface area contributed by atoms with Crippen molar-refractivity contribution in [1.29, 1.82) is 0 Å². The highest BCUT2D eigenvalue weighted by Crippen LogP contribution is 2.38. The van der Waals surface area contributed by atoms with Gasteiger partial charge in [0.2, 0.25) is 5.91 Å². The number of likely N-dealkylation sites (N-methyl/N-ethyl adjacent to an activating group) is 1. The molecule has 4 amide bonds. The van der Waals surface area contributed by atoms with Crippen LogP contribution in [0.1, 0.15) is 70.2 Å². The Morgan fingerprint density at radius 3 is 2.44 bits per heavy atom. The minimum atomic E-state index is -0.571. The molecule has 0 aliphatic carbocycles. The second-order valence-corrected chi connectivity index (χ2v) is 10.4.